The number of hydrogen-bond acceptors (Lipinski definition) is 6. The first-order chi connectivity index (χ1) is 21.4. The van der Waals surface area contributed by atoms with E-state index < -0.39 is 17.6 Å². The van der Waals surface area contributed by atoms with E-state index in [0.717, 1.165) is 32.0 Å². The highest BCUT2D eigenvalue weighted by Gasteiger charge is 2.45. The molecule has 5 rings (SSSR count). The lowest BCUT2D eigenvalue weighted by molar-refractivity contribution is -0.138. The summed E-state index contributed by atoms with van der Waals surface area (Å²) >= 11 is 0. The zero-order valence-electron chi connectivity index (χ0n) is 27.6. The average Bonchev–Trinajstić information content (AvgIpc) is 3.48. The SMILES string of the molecule is CC(C)N(CC(C1CCCCC1)N1CCN(C(=O)[C@@H]2CN(C(C)(C)C)C[C@H]2c2ccc(F)cc2F)CC1)C(=O)c1cccnn1. The van der Waals surface area contributed by atoms with E-state index in [1.54, 1.807) is 18.3 Å². The van der Waals surface area contributed by atoms with Crippen LogP contribution in [0.2, 0.25) is 0 Å². The van der Waals surface area contributed by atoms with Crippen LogP contribution in [0.25, 0.3) is 0 Å². The molecule has 45 heavy (non-hydrogen) atoms. The largest absolute Gasteiger partial charge is 0.340 e. The van der Waals surface area contributed by atoms with E-state index in [-0.39, 0.29) is 35.4 Å². The zero-order valence-corrected chi connectivity index (χ0v) is 27.6. The summed E-state index contributed by atoms with van der Waals surface area (Å²) in [5, 5.41) is 8.02. The van der Waals surface area contributed by atoms with Gasteiger partial charge >= 0.3 is 0 Å². The summed E-state index contributed by atoms with van der Waals surface area (Å²) in [7, 11) is 0. The van der Waals surface area contributed by atoms with E-state index in [4.69, 9.17) is 0 Å². The number of aromatic nitrogens is 2. The summed E-state index contributed by atoms with van der Waals surface area (Å²) in [5.74, 6) is -1.49. The predicted octanol–water partition coefficient (Wildman–Crippen LogP) is 5.21. The monoisotopic (exact) mass is 624 g/mol. The van der Waals surface area contributed by atoms with Gasteiger partial charge in [0, 0.05) is 81.6 Å². The Morgan fingerprint density at radius 1 is 1.00 bits per heavy atom. The molecule has 1 aliphatic carbocycles. The summed E-state index contributed by atoms with van der Waals surface area (Å²) < 4.78 is 28.8. The van der Waals surface area contributed by atoms with E-state index in [9.17, 15) is 14.0 Å². The molecule has 8 nitrogen and oxygen atoms in total. The van der Waals surface area contributed by atoms with Crippen molar-refractivity contribution in [2.75, 3.05) is 45.8 Å². The number of carbonyl (C=O) groups is 2. The number of carbonyl (C=O) groups excluding carboxylic acids is 2. The van der Waals surface area contributed by atoms with E-state index in [0.29, 0.717) is 49.9 Å². The Labute approximate surface area is 267 Å². The zero-order chi connectivity index (χ0) is 32.3. The van der Waals surface area contributed by atoms with Crippen molar-refractivity contribution in [1.82, 2.24) is 29.8 Å². The van der Waals surface area contributed by atoms with Crippen molar-refractivity contribution >= 4 is 11.8 Å². The summed E-state index contributed by atoms with van der Waals surface area (Å²) in [6.45, 7) is 14.8. The quantitative estimate of drug-likeness (QED) is 0.402. The lowest BCUT2D eigenvalue weighted by atomic mass is 9.82. The molecule has 3 aliphatic rings. The minimum atomic E-state index is -0.608. The van der Waals surface area contributed by atoms with Crippen LogP contribution in [0.4, 0.5) is 8.78 Å². The third-order valence-electron chi connectivity index (χ3n) is 10.3. The van der Waals surface area contributed by atoms with Crippen LogP contribution in [0, 0.1) is 23.5 Å². The third-order valence-corrected chi connectivity index (χ3v) is 10.3. The Kier molecular flexibility index (Phi) is 10.5. The number of nitrogens with zero attached hydrogens (tertiary/aromatic N) is 6. The molecule has 3 atom stereocenters. The molecule has 0 N–H and O–H groups in total. The van der Waals surface area contributed by atoms with Crippen LogP contribution in [0.15, 0.2) is 36.5 Å². The molecule has 2 aliphatic heterocycles. The van der Waals surface area contributed by atoms with E-state index in [2.05, 4.69) is 40.8 Å². The second-order valence-corrected chi connectivity index (χ2v) is 14.4. The second kappa shape index (κ2) is 14.2. The molecular weight excluding hydrogens is 574 g/mol. The first-order valence-corrected chi connectivity index (χ1v) is 16.8. The van der Waals surface area contributed by atoms with Gasteiger partial charge in [0.2, 0.25) is 5.91 Å². The molecule has 246 valence electrons. The van der Waals surface area contributed by atoms with Crippen LogP contribution in [0.3, 0.4) is 0 Å². The van der Waals surface area contributed by atoms with Gasteiger partial charge in [-0.1, -0.05) is 25.3 Å². The van der Waals surface area contributed by atoms with Gasteiger partial charge < -0.3 is 9.80 Å². The Morgan fingerprint density at radius 3 is 2.31 bits per heavy atom. The molecule has 3 heterocycles. The summed E-state index contributed by atoms with van der Waals surface area (Å²) in [6.07, 6.45) is 7.52. The standard InChI is InChI=1S/C35H50F2N6O2/c1-24(2)43(34(45)31-12-9-15-38-39-31)23-32(25-10-7-6-8-11-25)40-16-18-41(19-17-40)33(44)29-22-42(35(3,4)5)21-28(29)27-14-13-26(36)20-30(27)37/h9,12-15,20,24-25,28-29,32H,6-8,10-11,16-19,21-23H2,1-5H3/t28-,29+,32?/m0/s1. The van der Waals surface area contributed by atoms with Crippen molar-refractivity contribution in [2.24, 2.45) is 11.8 Å². The molecular formula is C35H50F2N6O2. The number of piperazine rings is 1. The van der Waals surface area contributed by atoms with Crippen LogP contribution < -0.4 is 0 Å². The number of amides is 2. The molecule has 0 spiro atoms. The minimum Gasteiger partial charge on any atom is -0.340 e. The number of likely N-dealkylation sites (tertiary alicyclic amines) is 1. The number of halogens is 2. The molecule has 0 bridgehead atoms. The van der Waals surface area contributed by atoms with Gasteiger partial charge in [0.1, 0.15) is 11.6 Å². The fourth-order valence-corrected chi connectivity index (χ4v) is 7.60. The van der Waals surface area contributed by atoms with Crippen LogP contribution in [-0.2, 0) is 4.79 Å². The first-order valence-electron chi connectivity index (χ1n) is 16.8. The molecule has 2 saturated heterocycles. The van der Waals surface area contributed by atoms with E-state index >= 15 is 4.39 Å². The van der Waals surface area contributed by atoms with Gasteiger partial charge in [0.15, 0.2) is 5.69 Å². The van der Waals surface area contributed by atoms with Crippen LogP contribution in [-0.4, -0.2) is 105 Å². The fraction of sp³-hybridized carbons (Fsp3) is 0.657. The van der Waals surface area contributed by atoms with Gasteiger partial charge in [-0.05, 0) is 77.1 Å². The van der Waals surface area contributed by atoms with Crippen LogP contribution in [0.1, 0.15) is 88.7 Å². The van der Waals surface area contributed by atoms with Crippen LogP contribution in [0.5, 0.6) is 0 Å². The maximum atomic E-state index is 15.0. The number of hydrogen-bond donors (Lipinski definition) is 0. The Balaban J connectivity index is 1.31. The maximum Gasteiger partial charge on any atom is 0.274 e. The average molecular weight is 625 g/mol. The smallest absolute Gasteiger partial charge is 0.274 e. The van der Waals surface area contributed by atoms with Crippen molar-refractivity contribution in [3.63, 3.8) is 0 Å². The molecule has 1 saturated carbocycles. The number of rotatable bonds is 8. The molecule has 2 aromatic rings. The Hall–Kier alpha value is -2.98. The van der Waals surface area contributed by atoms with Gasteiger partial charge in [0.25, 0.3) is 5.91 Å². The topological polar surface area (TPSA) is 72.9 Å². The molecule has 3 fully saturated rings. The summed E-state index contributed by atoms with van der Waals surface area (Å²) in [6, 6.07) is 7.39. The first kappa shape index (κ1) is 33.4. The van der Waals surface area contributed by atoms with Gasteiger partial charge in [-0.3, -0.25) is 19.4 Å². The molecule has 1 aromatic carbocycles. The third kappa shape index (κ3) is 7.71. The van der Waals surface area contributed by atoms with Crippen molar-refractivity contribution in [2.45, 2.75) is 90.3 Å². The van der Waals surface area contributed by atoms with Crippen molar-refractivity contribution < 1.29 is 18.4 Å². The summed E-state index contributed by atoms with van der Waals surface area (Å²) in [4.78, 5) is 36.3. The van der Waals surface area contributed by atoms with Gasteiger partial charge in [0.05, 0.1) is 5.92 Å². The van der Waals surface area contributed by atoms with E-state index in [1.165, 1.54) is 31.4 Å². The van der Waals surface area contributed by atoms with E-state index in [1.807, 2.05) is 23.6 Å². The molecule has 1 unspecified atom stereocenters. The van der Waals surface area contributed by atoms with Gasteiger partial charge in [-0.15, -0.1) is 5.10 Å². The maximum absolute atomic E-state index is 15.0. The summed E-state index contributed by atoms with van der Waals surface area (Å²) in [5.41, 5.74) is 0.594. The van der Waals surface area contributed by atoms with Crippen molar-refractivity contribution in [3.05, 3.63) is 59.4 Å². The lowest BCUT2D eigenvalue weighted by Crippen LogP contribution is -2.58. The molecule has 10 heteroatoms. The number of benzene rings is 1. The predicted molar refractivity (Wildman–Crippen MR) is 171 cm³/mol. The van der Waals surface area contributed by atoms with Crippen LogP contribution >= 0.6 is 0 Å². The van der Waals surface area contributed by atoms with Crippen molar-refractivity contribution in [1.29, 1.82) is 0 Å². The van der Waals surface area contributed by atoms with Gasteiger partial charge in [-0.25, -0.2) is 8.78 Å². The molecule has 1 aromatic heterocycles. The Morgan fingerprint density at radius 2 is 1.71 bits per heavy atom. The highest BCUT2D eigenvalue weighted by Crippen LogP contribution is 2.39. The second-order valence-electron chi connectivity index (χ2n) is 14.4. The van der Waals surface area contributed by atoms with Gasteiger partial charge in [-0.2, -0.15) is 5.10 Å². The van der Waals surface area contributed by atoms with Crippen molar-refractivity contribution in [3.8, 4) is 0 Å². The molecule has 0 radical (unpaired) electrons. The molecule has 2 amide bonds. The Bertz CT molecular complexity index is 1300. The lowest BCUT2D eigenvalue weighted by Gasteiger charge is -2.46. The minimum absolute atomic E-state index is 0.00498. The normalized spacial score (nSPS) is 23.0. The fourth-order valence-electron chi connectivity index (χ4n) is 7.60. The highest BCUT2D eigenvalue weighted by atomic mass is 19.1. The highest BCUT2D eigenvalue weighted by molar-refractivity contribution is 5.92.